The van der Waals surface area contributed by atoms with Crippen molar-refractivity contribution in [3.63, 3.8) is 0 Å². The Morgan fingerprint density at radius 1 is 0.875 bits per heavy atom. The third-order valence-electron chi connectivity index (χ3n) is 4.12. The molecule has 0 spiro atoms. The van der Waals surface area contributed by atoms with E-state index in [1.165, 1.54) is 17.5 Å². The van der Waals surface area contributed by atoms with Crippen LogP contribution in [-0.2, 0) is 13.2 Å². The zero-order valence-electron chi connectivity index (χ0n) is 13.7. The van der Waals surface area contributed by atoms with Gasteiger partial charge in [-0.1, -0.05) is 48.5 Å². The van der Waals surface area contributed by atoms with Crippen molar-refractivity contribution < 1.29 is 5.11 Å². The number of nitrogens with zero attached hydrogens (tertiary/aromatic N) is 2. The molecule has 0 aliphatic rings. The Labute approximate surface area is 142 Å². The van der Waals surface area contributed by atoms with Crippen molar-refractivity contribution in [1.82, 2.24) is 15.3 Å². The molecule has 122 valence electrons. The van der Waals surface area contributed by atoms with Crippen LogP contribution in [0.2, 0.25) is 0 Å². The fraction of sp³-hybridized carbons (Fsp3) is 0.200. The van der Waals surface area contributed by atoms with E-state index in [0.29, 0.717) is 0 Å². The third-order valence-corrected chi connectivity index (χ3v) is 4.12. The summed E-state index contributed by atoms with van der Waals surface area (Å²) in [5.41, 5.74) is 5.52. The predicted molar refractivity (Wildman–Crippen MR) is 95.1 cm³/mol. The number of hydrogen-bond acceptors (Lipinski definition) is 4. The van der Waals surface area contributed by atoms with Gasteiger partial charge in [0.1, 0.15) is 6.33 Å². The SMILES string of the molecule is CC(NCc1ccc(CO)cc1)c1ccc(-c2cncnc2)cc1. The van der Waals surface area contributed by atoms with Crippen LogP contribution in [0.4, 0.5) is 0 Å². The minimum Gasteiger partial charge on any atom is -0.392 e. The molecule has 0 radical (unpaired) electrons. The molecule has 2 aromatic carbocycles. The molecular formula is C20H21N3O. The minimum absolute atomic E-state index is 0.0862. The second kappa shape index (κ2) is 7.81. The lowest BCUT2D eigenvalue weighted by Crippen LogP contribution is -2.18. The summed E-state index contributed by atoms with van der Waals surface area (Å²) in [5.74, 6) is 0. The van der Waals surface area contributed by atoms with Crippen LogP contribution in [0, 0.1) is 0 Å². The molecule has 0 saturated carbocycles. The van der Waals surface area contributed by atoms with E-state index in [-0.39, 0.29) is 12.6 Å². The Morgan fingerprint density at radius 2 is 1.50 bits per heavy atom. The number of hydrogen-bond donors (Lipinski definition) is 2. The molecule has 0 saturated heterocycles. The zero-order valence-corrected chi connectivity index (χ0v) is 13.7. The summed E-state index contributed by atoms with van der Waals surface area (Å²) < 4.78 is 0. The van der Waals surface area contributed by atoms with Gasteiger partial charge in [0.2, 0.25) is 0 Å². The molecule has 24 heavy (non-hydrogen) atoms. The minimum atomic E-state index is 0.0862. The van der Waals surface area contributed by atoms with Gasteiger partial charge >= 0.3 is 0 Å². The van der Waals surface area contributed by atoms with Crippen LogP contribution in [0.1, 0.15) is 29.7 Å². The van der Waals surface area contributed by atoms with E-state index in [1.807, 2.05) is 36.7 Å². The second-order valence-corrected chi connectivity index (χ2v) is 5.83. The summed E-state index contributed by atoms with van der Waals surface area (Å²) in [6, 6.07) is 16.7. The van der Waals surface area contributed by atoms with Crippen molar-refractivity contribution in [3.8, 4) is 11.1 Å². The number of benzene rings is 2. The molecule has 1 unspecified atom stereocenters. The van der Waals surface area contributed by atoms with Crippen molar-refractivity contribution in [2.24, 2.45) is 0 Å². The van der Waals surface area contributed by atoms with Gasteiger partial charge in [-0.2, -0.15) is 0 Å². The molecule has 2 N–H and O–H groups in total. The molecule has 3 rings (SSSR count). The molecule has 4 nitrogen and oxygen atoms in total. The quantitative estimate of drug-likeness (QED) is 0.730. The maximum Gasteiger partial charge on any atom is 0.115 e. The normalized spacial score (nSPS) is 12.1. The molecule has 0 aliphatic carbocycles. The van der Waals surface area contributed by atoms with Crippen LogP contribution >= 0.6 is 0 Å². The Hall–Kier alpha value is -2.56. The third kappa shape index (κ3) is 4.04. The van der Waals surface area contributed by atoms with E-state index in [2.05, 4.69) is 46.5 Å². The van der Waals surface area contributed by atoms with E-state index in [1.54, 1.807) is 0 Å². The van der Waals surface area contributed by atoms with Crippen LogP contribution in [0.5, 0.6) is 0 Å². The first-order valence-electron chi connectivity index (χ1n) is 8.03. The lowest BCUT2D eigenvalue weighted by atomic mass is 10.0. The van der Waals surface area contributed by atoms with Crippen molar-refractivity contribution >= 4 is 0 Å². The standard InChI is InChI=1S/C20H21N3O/c1-15(23-10-16-2-4-17(13-24)5-3-16)18-6-8-19(9-7-18)20-11-21-14-22-12-20/h2-9,11-12,14-15,23-24H,10,13H2,1H3. The van der Waals surface area contributed by atoms with E-state index in [9.17, 15) is 0 Å². The topological polar surface area (TPSA) is 58.0 Å². The second-order valence-electron chi connectivity index (χ2n) is 5.83. The largest absolute Gasteiger partial charge is 0.392 e. The first-order chi connectivity index (χ1) is 11.8. The smallest absolute Gasteiger partial charge is 0.115 e. The van der Waals surface area contributed by atoms with Crippen molar-refractivity contribution in [3.05, 3.63) is 83.9 Å². The summed E-state index contributed by atoms with van der Waals surface area (Å²) in [6.07, 6.45) is 5.18. The number of nitrogens with one attached hydrogen (secondary N) is 1. The average Bonchev–Trinajstić information content (AvgIpc) is 2.67. The maximum atomic E-state index is 9.08. The Balaban J connectivity index is 1.61. The lowest BCUT2D eigenvalue weighted by molar-refractivity contribution is 0.282. The van der Waals surface area contributed by atoms with Crippen LogP contribution in [0.3, 0.4) is 0 Å². The molecule has 4 heteroatoms. The summed E-state index contributed by atoms with van der Waals surface area (Å²) >= 11 is 0. The van der Waals surface area contributed by atoms with E-state index in [0.717, 1.165) is 23.2 Å². The number of aromatic nitrogens is 2. The van der Waals surface area contributed by atoms with Crippen LogP contribution < -0.4 is 5.32 Å². The first kappa shape index (κ1) is 16.3. The fourth-order valence-electron chi connectivity index (χ4n) is 2.56. The van der Waals surface area contributed by atoms with E-state index >= 15 is 0 Å². The van der Waals surface area contributed by atoms with Gasteiger partial charge < -0.3 is 10.4 Å². The lowest BCUT2D eigenvalue weighted by Gasteiger charge is -2.15. The Kier molecular flexibility index (Phi) is 5.31. The highest BCUT2D eigenvalue weighted by atomic mass is 16.3. The highest BCUT2D eigenvalue weighted by Gasteiger charge is 2.06. The van der Waals surface area contributed by atoms with Gasteiger partial charge in [-0.3, -0.25) is 0 Å². The van der Waals surface area contributed by atoms with Gasteiger partial charge in [0.25, 0.3) is 0 Å². The number of rotatable bonds is 6. The summed E-state index contributed by atoms with van der Waals surface area (Å²) in [7, 11) is 0. The summed E-state index contributed by atoms with van der Waals surface area (Å²) in [6.45, 7) is 3.03. The molecule has 3 aromatic rings. The van der Waals surface area contributed by atoms with Crippen LogP contribution in [0.15, 0.2) is 67.3 Å². The van der Waals surface area contributed by atoms with Gasteiger partial charge in [-0.05, 0) is 29.2 Å². The first-order valence-corrected chi connectivity index (χ1v) is 8.03. The highest BCUT2D eigenvalue weighted by Crippen LogP contribution is 2.21. The monoisotopic (exact) mass is 319 g/mol. The molecule has 1 atom stereocenters. The summed E-state index contributed by atoms with van der Waals surface area (Å²) in [4.78, 5) is 8.11. The van der Waals surface area contributed by atoms with Crippen molar-refractivity contribution in [2.75, 3.05) is 0 Å². The highest BCUT2D eigenvalue weighted by molar-refractivity contribution is 5.61. The van der Waals surface area contributed by atoms with Gasteiger partial charge in [-0.25, -0.2) is 9.97 Å². The molecule has 0 aliphatic heterocycles. The summed E-state index contributed by atoms with van der Waals surface area (Å²) in [5, 5.41) is 12.6. The fourth-order valence-corrected chi connectivity index (χ4v) is 2.56. The van der Waals surface area contributed by atoms with Gasteiger partial charge in [0.15, 0.2) is 0 Å². The molecule has 0 bridgehead atoms. The van der Waals surface area contributed by atoms with E-state index < -0.39 is 0 Å². The number of aliphatic hydroxyl groups excluding tert-OH is 1. The molecule has 0 fully saturated rings. The Bertz CT molecular complexity index is 755. The number of aliphatic hydroxyl groups is 1. The van der Waals surface area contributed by atoms with Crippen LogP contribution in [-0.4, -0.2) is 15.1 Å². The van der Waals surface area contributed by atoms with Crippen molar-refractivity contribution in [2.45, 2.75) is 26.1 Å². The molecule has 1 heterocycles. The Morgan fingerprint density at radius 3 is 2.12 bits per heavy atom. The maximum absolute atomic E-state index is 9.08. The van der Waals surface area contributed by atoms with Crippen molar-refractivity contribution in [1.29, 1.82) is 0 Å². The predicted octanol–water partition coefficient (Wildman–Crippen LogP) is 3.49. The zero-order chi connectivity index (χ0) is 16.8. The van der Waals surface area contributed by atoms with Gasteiger partial charge in [0, 0.05) is 30.5 Å². The molecular weight excluding hydrogens is 298 g/mol. The van der Waals surface area contributed by atoms with Gasteiger partial charge in [0.05, 0.1) is 6.61 Å². The van der Waals surface area contributed by atoms with Gasteiger partial charge in [-0.15, -0.1) is 0 Å². The molecule has 0 amide bonds. The average molecular weight is 319 g/mol. The van der Waals surface area contributed by atoms with E-state index in [4.69, 9.17) is 5.11 Å². The molecule has 1 aromatic heterocycles. The van der Waals surface area contributed by atoms with Crippen LogP contribution in [0.25, 0.3) is 11.1 Å².